The molecule has 10 heteroatoms. The Kier molecular flexibility index (Phi) is 6.11. The Labute approximate surface area is 208 Å². The summed E-state index contributed by atoms with van der Waals surface area (Å²) in [6.45, 7) is 5.83. The Balaban J connectivity index is 1.43. The normalized spacial score (nSPS) is 17.9. The van der Waals surface area contributed by atoms with Crippen LogP contribution in [0.2, 0.25) is 0 Å². The Morgan fingerprint density at radius 3 is 2.03 bits per heavy atom. The predicted molar refractivity (Wildman–Crippen MR) is 132 cm³/mol. The highest BCUT2D eigenvalue weighted by atomic mass is 16.5. The number of rotatable bonds is 5. The number of anilines is 1. The molecule has 2 aliphatic rings. The van der Waals surface area contributed by atoms with Crippen molar-refractivity contribution in [1.82, 2.24) is 25.5 Å². The molecule has 184 valence electrons. The predicted octanol–water partition coefficient (Wildman–Crippen LogP) is 2.27. The standard InChI is InChI=1S/C26H26N6O4/c1-17-4-7-21(16-18(17)2)36-20-8-5-19(6-9-20)26(22(33)29-25(35)30-23(26)34)32-14-12-31(13-15-32)24-27-10-3-11-28-24/h3-11,16H,12-15H2,1-2H3,(H2,29,30,33,34,35). The maximum absolute atomic E-state index is 13.3. The first-order valence-electron chi connectivity index (χ1n) is 11.7. The van der Waals surface area contributed by atoms with Crippen LogP contribution in [0.4, 0.5) is 10.7 Å². The average Bonchev–Trinajstić information content (AvgIpc) is 2.88. The first kappa shape index (κ1) is 23.4. The van der Waals surface area contributed by atoms with Crippen LogP contribution in [-0.2, 0) is 15.1 Å². The summed E-state index contributed by atoms with van der Waals surface area (Å²) < 4.78 is 5.98. The van der Waals surface area contributed by atoms with Gasteiger partial charge in [-0.3, -0.25) is 25.1 Å². The minimum atomic E-state index is -1.70. The van der Waals surface area contributed by atoms with Crippen LogP contribution in [0.15, 0.2) is 60.9 Å². The lowest BCUT2D eigenvalue weighted by Crippen LogP contribution is -2.73. The van der Waals surface area contributed by atoms with E-state index >= 15 is 0 Å². The number of piperazine rings is 1. The highest BCUT2D eigenvalue weighted by molar-refractivity contribution is 6.22. The molecule has 3 aromatic rings. The molecule has 2 aromatic carbocycles. The van der Waals surface area contributed by atoms with Crippen LogP contribution in [0.5, 0.6) is 11.5 Å². The van der Waals surface area contributed by atoms with Gasteiger partial charge in [0.1, 0.15) is 11.5 Å². The molecular formula is C26H26N6O4. The van der Waals surface area contributed by atoms with Crippen molar-refractivity contribution in [2.75, 3.05) is 31.1 Å². The number of imide groups is 2. The Bertz CT molecular complexity index is 1280. The van der Waals surface area contributed by atoms with E-state index in [1.54, 1.807) is 47.6 Å². The number of urea groups is 1. The summed E-state index contributed by atoms with van der Waals surface area (Å²) in [5, 5.41) is 4.57. The van der Waals surface area contributed by atoms with Gasteiger partial charge < -0.3 is 9.64 Å². The molecule has 5 rings (SSSR count). The summed E-state index contributed by atoms with van der Waals surface area (Å²) in [5.74, 6) is 0.494. The number of hydrogen-bond acceptors (Lipinski definition) is 8. The van der Waals surface area contributed by atoms with Gasteiger partial charge in [0.05, 0.1) is 0 Å². The number of amides is 4. The molecule has 1 aromatic heterocycles. The van der Waals surface area contributed by atoms with E-state index in [-0.39, 0.29) is 0 Å². The summed E-state index contributed by atoms with van der Waals surface area (Å²) >= 11 is 0. The van der Waals surface area contributed by atoms with Gasteiger partial charge in [0.2, 0.25) is 11.5 Å². The van der Waals surface area contributed by atoms with Crippen LogP contribution >= 0.6 is 0 Å². The number of benzene rings is 2. The largest absolute Gasteiger partial charge is 0.457 e. The molecule has 0 bridgehead atoms. The molecule has 0 aliphatic carbocycles. The van der Waals surface area contributed by atoms with E-state index in [0.717, 1.165) is 5.56 Å². The maximum atomic E-state index is 13.3. The van der Waals surface area contributed by atoms with Gasteiger partial charge in [0, 0.05) is 38.6 Å². The molecule has 2 saturated heterocycles. The van der Waals surface area contributed by atoms with Crippen molar-refractivity contribution >= 4 is 23.8 Å². The second-order valence-electron chi connectivity index (χ2n) is 8.84. The third-order valence-corrected chi connectivity index (χ3v) is 6.69. The molecule has 0 saturated carbocycles. The summed E-state index contributed by atoms with van der Waals surface area (Å²) in [6, 6.07) is 13.6. The third-order valence-electron chi connectivity index (χ3n) is 6.69. The van der Waals surface area contributed by atoms with Gasteiger partial charge in [-0.1, -0.05) is 18.2 Å². The second kappa shape index (κ2) is 9.38. The third kappa shape index (κ3) is 4.16. The van der Waals surface area contributed by atoms with Gasteiger partial charge in [0.15, 0.2) is 0 Å². The lowest BCUT2D eigenvalue weighted by atomic mass is 9.84. The van der Waals surface area contributed by atoms with Crippen LogP contribution in [0.1, 0.15) is 16.7 Å². The molecule has 2 aliphatic heterocycles. The van der Waals surface area contributed by atoms with Crippen molar-refractivity contribution in [3.05, 3.63) is 77.6 Å². The number of nitrogens with zero attached hydrogens (tertiary/aromatic N) is 4. The molecule has 0 radical (unpaired) electrons. The fourth-order valence-electron chi connectivity index (χ4n) is 4.63. The molecule has 10 nitrogen and oxygen atoms in total. The van der Waals surface area contributed by atoms with Crippen molar-refractivity contribution in [1.29, 1.82) is 0 Å². The fraction of sp³-hybridized carbons (Fsp3) is 0.269. The van der Waals surface area contributed by atoms with Crippen LogP contribution in [0.25, 0.3) is 0 Å². The van der Waals surface area contributed by atoms with Crippen molar-refractivity contribution < 1.29 is 19.1 Å². The van der Waals surface area contributed by atoms with E-state index in [4.69, 9.17) is 4.74 Å². The number of barbiturate groups is 1. The molecule has 0 unspecified atom stereocenters. The van der Waals surface area contributed by atoms with Crippen molar-refractivity contribution in [3.63, 3.8) is 0 Å². The SMILES string of the molecule is Cc1ccc(Oc2ccc(C3(N4CCN(c5ncccn5)CC4)C(=O)NC(=O)NC3=O)cc2)cc1C. The topological polar surface area (TPSA) is 117 Å². The van der Waals surface area contributed by atoms with Gasteiger partial charge in [-0.25, -0.2) is 14.8 Å². The minimum Gasteiger partial charge on any atom is -0.457 e. The summed E-state index contributed by atoms with van der Waals surface area (Å²) in [6.07, 6.45) is 3.34. The number of nitrogens with one attached hydrogen (secondary N) is 2. The number of hydrogen-bond donors (Lipinski definition) is 2. The van der Waals surface area contributed by atoms with Crippen LogP contribution < -0.4 is 20.3 Å². The molecule has 2 N–H and O–H groups in total. The molecule has 0 atom stereocenters. The Morgan fingerprint density at radius 1 is 0.806 bits per heavy atom. The lowest BCUT2D eigenvalue weighted by Gasteiger charge is -2.46. The Hall–Kier alpha value is -4.31. The number of ether oxygens (including phenoxy) is 1. The quantitative estimate of drug-likeness (QED) is 0.528. The van der Waals surface area contributed by atoms with E-state index in [9.17, 15) is 14.4 Å². The van der Waals surface area contributed by atoms with Crippen LogP contribution in [-0.4, -0.2) is 58.9 Å². The van der Waals surface area contributed by atoms with E-state index in [1.165, 1.54) is 5.56 Å². The van der Waals surface area contributed by atoms with Crippen LogP contribution in [0.3, 0.4) is 0 Å². The van der Waals surface area contributed by atoms with Crippen molar-refractivity contribution in [2.45, 2.75) is 19.4 Å². The van der Waals surface area contributed by atoms with E-state index in [0.29, 0.717) is 49.2 Å². The van der Waals surface area contributed by atoms with E-state index in [1.807, 2.05) is 36.9 Å². The van der Waals surface area contributed by atoms with Crippen molar-refractivity contribution in [3.8, 4) is 11.5 Å². The Morgan fingerprint density at radius 2 is 1.42 bits per heavy atom. The number of carbonyl (C=O) groups is 3. The monoisotopic (exact) mass is 486 g/mol. The highest BCUT2D eigenvalue weighted by Gasteiger charge is 2.56. The minimum absolute atomic E-state index is 0.383. The van der Waals surface area contributed by atoms with E-state index < -0.39 is 23.4 Å². The lowest BCUT2D eigenvalue weighted by molar-refractivity contribution is -0.149. The maximum Gasteiger partial charge on any atom is 0.328 e. The zero-order valence-electron chi connectivity index (χ0n) is 20.0. The molecule has 0 spiro atoms. The number of aromatic nitrogens is 2. The van der Waals surface area contributed by atoms with Gasteiger partial charge >= 0.3 is 6.03 Å². The summed E-state index contributed by atoms with van der Waals surface area (Å²) in [7, 11) is 0. The van der Waals surface area contributed by atoms with Gasteiger partial charge in [-0.2, -0.15) is 0 Å². The molecule has 4 amide bonds. The molecule has 3 heterocycles. The smallest absolute Gasteiger partial charge is 0.328 e. The van der Waals surface area contributed by atoms with Gasteiger partial charge in [-0.15, -0.1) is 0 Å². The van der Waals surface area contributed by atoms with E-state index in [2.05, 4.69) is 20.6 Å². The van der Waals surface area contributed by atoms with Gasteiger partial charge in [-0.05, 0) is 60.9 Å². The number of aryl methyl sites for hydroxylation is 2. The highest BCUT2D eigenvalue weighted by Crippen LogP contribution is 2.34. The fourth-order valence-corrected chi connectivity index (χ4v) is 4.63. The first-order chi connectivity index (χ1) is 17.4. The van der Waals surface area contributed by atoms with Crippen molar-refractivity contribution in [2.24, 2.45) is 0 Å². The second-order valence-corrected chi connectivity index (χ2v) is 8.84. The molecule has 2 fully saturated rings. The summed E-state index contributed by atoms with van der Waals surface area (Å²) in [5.41, 5.74) is 1.03. The molecular weight excluding hydrogens is 460 g/mol. The first-order valence-corrected chi connectivity index (χ1v) is 11.7. The average molecular weight is 487 g/mol. The zero-order chi connectivity index (χ0) is 25.3. The van der Waals surface area contributed by atoms with Crippen LogP contribution in [0, 0.1) is 13.8 Å². The zero-order valence-corrected chi connectivity index (χ0v) is 20.0. The summed E-state index contributed by atoms with van der Waals surface area (Å²) in [4.78, 5) is 50.9. The van der Waals surface area contributed by atoms with Gasteiger partial charge in [0.25, 0.3) is 11.8 Å². The molecule has 36 heavy (non-hydrogen) atoms. The number of carbonyl (C=O) groups excluding carboxylic acids is 3.